The standard InChI is InChI=1S/C14H10ClNO5/c15-9-6-7-20-12(9)11-10(8-4-2-1-3-5-8)14(19,13(17)18)21-16-11/h1-7,10,19H,(H,17,18). The molecule has 108 valence electrons. The molecule has 1 aromatic carbocycles. The third-order valence-electron chi connectivity index (χ3n) is 3.24. The molecule has 0 saturated carbocycles. The average Bonchev–Trinajstić information content (AvgIpc) is 3.04. The van der Waals surface area contributed by atoms with Crippen LogP contribution in [0.3, 0.4) is 0 Å². The summed E-state index contributed by atoms with van der Waals surface area (Å²) in [5.41, 5.74) is 0.646. The van der Waals surface area contributed by atoms with Crippen LogP contribution in [-0.2, 0) is 9.63 Å². The van der Waals surface area contributed by atoms with E-state index in [0.717, 1.165) is 0 Å². The van der Waals surface area contributed by atoms with Crippen LogP contribution in [0, 0.1) is 0 Å². The number of hydrogen-bond acceptors (Lipinski definition) is 5. The van der Waals surface area contributed by atoms with E-state index in [2.05, 4.69) is 5.16 Å². The fourth-order valence-corrected chi connectivity index (χ4v) is 2.44. The minimum absolute atomic E-state index is 0.126. The van der Waals surface area contributed by atoms with E-state index in [0.29, 0.717) is 5.56 Å². The summed E-state index contributed by atoms with van der Waals surface area (Å²) in [6, 6.07) is 10.0. The molecule has 7 heteroatoms. The number of aliphatic hydroxyl groups is 1. The summed E-state index contributed by atoms with van der Waals surface area (Å²) in [4.78, 5) is 16.2. The van der Waals surface area contributed by atoms with Crippen molar-refractivity contribution in [1.82, 2.24) is 0 Å². The molecule has 6 nitrogen and oxygen atoms in total. The molecule has 0 bridgehead atoms. The highest BCUT2D eigenvalue weighted by Gasteiger charge is 2.56. The molecular formula is C14H10ClNO5. The van der Waals surface area contributed by atoms with Gasteiger partial charge in [0.05, 0.1) is 11.3 Å². The van der Waals surface area contributed by atoms with Crippen LogP contribution >= 0.6 is 11.6 Å². The van der Waals surface area contributed by atoms with Gasteiger partial charge in [-0.3, -0.25) is 0 Å². The molecule has 21 heavy (non-hydrogen) atoms. The fraction of sp³-hybridized carbons (Fsp3) is 0.143. The Labute approximate surface area is 124 Å². The number of benzene rings is 1. The summed E-state index contributed by atoms with van der Waals surface area (Å²) in [5.74, 6) is -4.94. The first-order valence-corrected chi connectivity index (χ1v) is 6.42. The topological polar surface area (TPSA) is 92.3 Å². The molecule has 0 spiro atoms. The van der Waals surface area contributed by atoms with E-state index < -0.39 is 17.7 Å². The zero-order valence-corrected chi connectivity index (χ0v) is 11.3. The number of furan rings is 1. The van der Waals surface area contributed by atoms with Crippen molar-refractivity contribution in [1.29, 1.82) is 0 Å². The summed E-state index contributed by atoms with van der Waals surface area (Å²) in [6.07, 6.45) is 1.35. The van der Waals surface area contributed by atoms with Gasteiger partial charge < -0.3 is 19.5 Å². The van der Waals surface area contributed by atoms with Gasteiger partial charge in [0.2, 0.25) is 0 Å². The van der Waals surface area contributed by atoms with Gasteiger partial charge in [0.15, 0.2) is 5.76 Å². The minimum atomic E-state index is -2.51. The Kier molecular flexibility index (Phi) is 3.19. The maximum atomic E-state index is 11.4. The van der Waals surface area contributed by atoms with Gasteiger partial charge >= 0.3 is 11.8 Å². The molecule has 2 unspecified atom stereocenters. The lowest BCUT2D eigenvalue weighted by Gasteiger charge is -2.23. The van der Waals surface area contributed by atoms with Gasteiger partial charge in [-0.05, 0) is 11.6 Å². The number of carboxylic acids is 1. The minimum Gasteiger partial charge on any atom is -0.476 e. The maximum Gasteiger partial charge on any atom is 0.380 e. The monoisotopic (exact) mass is 307 g/mol. The van der Waals surface area contributed by atoms with E-state index in [1.165, 1.54) is 12.3 Å². The quantitative estimate of drug-likeness (QED) is 0.907. The Morgan fingerprint density at radius 1 is 1.29 bits per heavy atom. The molecule has 2 heterocycles. The molecule has 1 aliphatic rings. The highest BCUT2D eigenvalue weighted by atomic mass is 35.5. The van der Waals surface area contributed by atoms with Gasteiger partial charge in [-0.25, -0.2) is 4.79 Å². The number of rotatable bonds is 3. The molecule has 0 fully saturated rings. The van der Waals surface area contributed by atoms with Gasteiger partial charge in [0.25, 0.3) is 0 Å². The first-order chi connectivity index (χ1) is 10.0. The fourth-order valence-electron chi connectivity index (χ4n) is 2.25. The number of carbonyl (C=O) groups is 1. The Bertz CT molecular complexity index is 711. The Hall–Kier alpha value is -2.31. The Morgan fingerprint density at radius 2 is 2.00 bits per heavy atom. The highest BCUT2D eigenvalue weighted by Crippen LogP contribution is 2.40. The SMILES string of the molecule is O=C(O)C1(O)ON=C(c2occc2Cl)C1c1ccccc1. The highest BCUT2D eigenvalue weighted by molar-refractivity contribution is 6.34. The van der Waals surface area contributed by atoms with Crippen LogP contribution in [0.5, 0.6) is 0 Å². The van der Waals surface area contributed by atoms with Crippen molar-refractivity contribution in [3.63, 3.8) is 0 Å². The van der Waals surface area contributed by atoms with E-state index in [9.17, 15) is 15.0 Å². The van der Waals surface area contributed by atoms with E-state index in [1.807, 2.05) is 0 Å². The molecule has 2 N–H and O–H groups in total. The zero-order valence-electron chi connectivity index (χ0n) is 10.6. The van der Waals surface area contributed by atoms with Crippen molar-refractivity contribution in [3.05, 3.63) is 59.0 Å². The first kappa shape index (κ1) is 13.7. The molecule has 1 aromatic heterocycles. The predicted octanol–water partition coefficient (Wildman–Crippen LogP) is 2.22. The van der Waals surface area contributed by atoms with Gasteiger partial charge in [-0.2, -0.15) is 0 Å². The van der Waals surface area contributed by atoms with Gasteiger partial charge in [0, 0.05) is 0 Å². The summed E-state index contributed by atoms with van der Waals surface area (Å²) in [6.45, 7) is 0. The Balaban J connectivity index is 2.13. The third kappa shape index (κ3) is 2.09. The van der Waals surface area contributed by atoms with Crippen molar-refractivity contribution in [3.8, 4) is 0 Å². The maximum absolute atomic E-state index is 11.4. The van der Waals surface area contributed by atoms with Crippen molar-refractivity contribution in [2.75, 3.05) is 0 Å². The van der Waals surface area contributed by atoms with Crippen LogP contribution in [0.2, 0.25) is 5.02 Å². The van der Waals surface area contributed by atoms with Gasteiger partial charge in [-0.1, -0.05) is 47.1 Å². The van der Waals surface area contributed by atoms with Crippen molar-refractivity contribution < 1.29 is 24.3 Å². The van der Waals surface area contributed by atoms with Crippen LogP contribution in [0.25, 0.3) is 0 Å². The largest absolute Gasteiger partial charge is 0.476 e. The van der Waals surface area contributed by atoms with Crippen molar-refractivity contribution >= 4 is 23.3 Å². The zero-order chi connectivity index (χ0) is 15.0. The van der Waals surface area contributed by atoms with Crippen LogP contribution in [0.1, 0.15) is 17.2 Å². The number of halogens is 1. The third-order valence-corrected chi connectivity index (χ3v) is 3.53. The molecule has 0 amide bonds. The van der Waals surface area contributed by atoms with Crippen molar-refractivity contribution in [2.45, 2.75) is 11.7 Å². The summed E-state index contributed by atoms with van der Waals surface area (Å²) < 4.78 is 5.23. The van der Waals surface area contributed by atoms with E-state index >= 15 is 0 Å². The normalized spacial score (nSPS) is 24.5. The number of aliphatic carboxylic acids is 1. The van der Waals surface area contributed by atoms with Crippen LogP contribution in [-0.4, -0.2) is 27.7 Å². The van der Waals surface area contributed by atoms with Crippen LogP contribution < -0.4 is 0 Å². The smallest absolute Gasteiger partial charge is 0.380 e. The van der Waals surface area contributed by atoms with Gasteiger partial charge in [0.1, 0.15) is 11.6 Å². The average molecular weight is 308 g/mol. The second-order valence-electron chi connectivity index (χ2n) is 4.51. The van der Waals surface area contributed by atoms with Crippen LogP contribution in [0.4, 0.5) is 0 Å². The lowest BCUT2D eigenvalue weighted by molar-refractivity contribution is -0.218. The van der Waals surface area contributed by atoms with E-state index in [-0.39, 0.29) is 16.5 Å². The first-order valence-electron chi connectivity index (χ1n) is 6.04. The lowest BCUT2D eigenvalue weighted by Crippen LogP contribution is -2.45. The molecule has 2 atom stereocenters. The number of oxime groups is 1. The summed E-state index contributed by atoms with van der Waals surface area (Å²) >= 11 is 5.99. The number of carboxylic acid groups (broad SMARTS) is 1. The molecule has 0 saturated heterocycles. The molecule has 0 aliphatic carbocycles. The molecule has 3 rings (SSSR count). The van der Waals surface area contributed by atoms with Crippen molar-refractivity contribution in [2.24, 2.45) is 5.16 Å². The van der Waals surface area contributed by atoms with Crippen LogP contribution in [0.15, 0.2) is 52.2 Å². The van der Waals surface area contributed by atoms with Gasteiger partial charge in [-0.15, -0.1) is 0 Å². The number of hydrogen-bond donors (Lipinski definition) is 2. The van der Waals surface area contributed by atoms with E-state index in [1.54, 1.807) is 30.3 Å². The predicted molar refractivity (Wildman–Crippen MR) is 73.1 cm³/mol. The summed E-state index contributed by atoms with van der Waals surface area (Å²) in [5, 5.41) is 23.5. The lowest BCUT2D eigenvalue weighted by atomic mass is 9.86. The summed E-state index contributed by atoms with van der Waals surface area (Å²) in [7, 11) is 0. The molecular weight excluding hydrogens is 298 g/mol. The second-order valence-corrected chi connectivity index (χ2v) is 4.92. The number of nitrogens with zero attached hydrogens (tertiary/aromatic N) is 1. The Morgan fingerprint density at radius 3 is 2.57 bits per heavy atom. The molecule has 2 aromatic rings. The molecule has 0 radical (unpaired) electrons. The molecule has 1 aliphatic heterocycles. The second kappa shape index (κ2) is 4.91. The van der Waals surface area contributed by atoms with E-state index in [4.69, 9.17) is 20.9 Å².